The van der Waals surface area contributed by atoms with Crippen molar-refractivity contribution in [2.75, 3.05) is 21.1 Å². The predicted molar refractivity (Wildman–Crippen MR) is 61.0 cm³/mol. The van der Waals surface area contributed by atoms with Crippen molar-refractivity contribution in [3.05, 3.63) is 11.8 Å². The van der Waals surface area contributed by atoms with Gasteiger partial charge in [0.25, 0.3) is 5.91 Å². The van der Waals surface area contributed by atoms with Crippen LogP contribution in [0, 0.1) is 0 Å². The van der Waals surface area contributed by atoms with E-state index in [1.54, 1.807) is 0 Å². The van der Waals surface area contributed by atoms with Crippen molar-refractivity contribution in [3.8, 4) is 0 Å². The van der Waals surface area contributed by atoms with Gasteiger partial charge in [0.15, 0.2) is 6.29 Å². The summed E-state index contributed by atoms with van der Waals surface area (Å²) >= 11 is 0. The van der Waals surface area contributed by atoms with Crippen molar-refractivity contribution in [2.24, 2.45) is 0 Å². The van der Waals surface area contributed by atoms with Crippen LogP contribution in [0.1, 0.15) is 26.2 Å². The lowest BCUT2D eigenvalue weighted by molar-refractivity contribution is -0.122. The number of carbonyl (C=O) groups excluding carboxylic acids is 1. The van der Waals surface area contributed by atoms with E-state index in [0.29, 0.717) is 0 Å². The van der Waals surface area contributed by atoms with Gasteiger partial charge < -0.3 is 10.2 Å². The van der Waals surface area contributed by atoms with Gasteiger partial charge in [0.2, 0.25) is 0 Å². The molecule has 1 atom stereocenters. The largest absolute Gasteiger partial charge is 0.348 e. The molecular weight excluding hydrogens is 190 g/mol. The molecule has 1 N–H and O–H groups in total. The van der Waals surface area contributed by atoms with E-state index in [4.69, 9.17) is 0 Å². The Kier molecular flexibility index (Phi) is 4.15. The quantitative estimate of drug-likeness (QED) is 0.752. The predicted octanol–water partition coefficient (Wildman–Crippen LogP) is 0.967. The van der Waals surface area contributed by atoms with Crippen molar-refractivity contribution in [3.63, 3.8) is 0 Å². The van der Waals surface area contributed by atoms with Crippen LogP contribution in [0.15, 0.2) is 11.8 Å². The van der Waals surface area contributed by atoms with Gasteiger partial charge >= 0.3 is 0 Å². The third kappa shape index (κ3) is 2.96. The molecule has 0 aromatic rings. The fraction of sp³-hybridized carbons (Fsp3) is 0.727. The van der Waals surface area contributed by atoms with Crippen molar-refractivity contribution >= 4 is 5.91 Å². The van der Waals surface area contributed by atoms with Gasteiger partial charge in [-0.2, -0.15) is 0 Å². The average Bonchev–Trinajstić information content (AvgIpc) is 2.18. The summed E-state index contributed by atoms with van der Waals surface area (Å²) in [7, 11) is 5.88. The first kappa shape index (κ1) is 12.0. The van der Waals surface area contributed by atoms with Gasteiger partial charge in [-0.25, -0.2) is 0 Å². The highest BCUT2D eigenvalue weighted by atomic mass is 16.2. The Bertz CT molecular complexity index is 261. The van der Waals surface area contributed by atoms with Crippen LogP contribution in [0.25, 0.3) is 0 Å². The van der Waals surface area contributed by atoms with Crippen molar-refractivity contribution < 1.29 is 4.79 Å². The number of rotatable bonds is 4. The summed E-state index contributed by atoms with van der Waals surface area (Å²) < 4.78 is 0. The molecule has 4 nitrogen and oxygen atoms in total. The smallest absolute Gasteiger partial charge is 0.251 e. The van der Waals surface area contributed by atoms with Crippen LogP contribution in [0.4, 0.5) is 0 Å². The maximum Gasteiger partial charge on any atom is 0.251 e. The fourth-order valence-corrected chi connectivity index (χ4v) is 1.73. The van der Waals surface area contributed by atoms with E-state index >= 15 is 0 Å². The molecule has 0 saturated carbocycles. The molecule has 86 valence electrons. The van der Waals surface area contributed by atoms with E-state index < -0.39 is 0 Å². The highest BCUT2D eigenvalue weighted by molar-refractivity contribution is 5.94. The SMILES string of the molecule is CCCCC1=CN(C)C(N(C)C)NC1=O. The second kappa shape index (κ2) is 5.16. The summed E-state index contributed by atoms with van der Waals surface area (Å²) in [5.41, 5.74) is 0.887. The first-order valence-electron chi connectivity index (χ1n) is 5.46. The Morgan fingerprint density at radius 2 is 2.20 bits per heavy atom. The number of amides is 1. The number of nitrogens with zero attached hydrogens (tertiary/aromatic N) is 2. The Labute approximate surface area is 91.9 Å². The van der Waals surface area contributed by atoms with Crippen molar-refractivity contribution in [2.45, 2.75) is 32.5 Å². The number of nitrogens with one attached hydrogen (secondary N) is 1. The Balaban J connectivity index is 2.68. The average molecular weight is 211 g/mol. The lowest BCUT2D eigenvalue weighted by atomic mass is 10.1. The van der Waals surface area contributed by atoms with Crippen LogP contribution < -0.4 is 5.32 Å². The van der Waals surface area contributed by atoms with Gasteiger partial charge in [-0.3, -0.25) is 9.69 Å². The molecule has 0 bridgehead atoms. The lowest BCUT2D eigenvalue weighted by Gasteiger charge is -2.36. The topological polar surface area (TPSA) is 35.6 Å². The van der Waals surface area contributed by atoms with Gasteiger partial charge in [0.05, 0.1) is 0 Å². The Hall–Kier alpha value is -1.03. The van der Waals surface area contributed by atoms with Crippen molar-refractivity contribution in [1.29, 1.82) is 0 Å². The van der Waals surface area contributed by atoms with Crippen molar-refractivity contribution in [1.82, 2.24) is 15.1 Å². The minimum absolute atomic E-state index is 0.0251. The molecule has 0 radical (unpaired) electrons. The van der Waals surface area contributed by atoms with Crippen LogP contribution in [-0.2, 0) is 4.79 Å². The van der Waals surface area contributed by atoms with Gasteiger partial charge in [-0.15, -0.1) is 0 Å². The van der Waals surface area contributed by atoms with Crippen LogP contribution in [0.3, 0.4) is 0 Å². The minimum Gasteiger partial charge on any atom is -0.348 e. The third-order valence-corrected chi connectivity index (χ3v) is 2.59. The lowest BCUT2D eigenvalue weighted by Crippen LogP contribution is -2.56. The summed E-state index contributed by atoms with van der Waals surface area (Å²) in [6.45, 7) is 2.13. The van der Waals surface area contributed by atoms with E-state index in [0.717, 1.165) is 24.8 Å². The molecule has 1 amide bonds. The van der Waals surface area contributed by atoms with Gasteiger partial charge in [0.1, 0.15) is 0 Å². The molecule has 1 heterocycles. The number of carbonyl (C=O) groups is 1. The number of hydrogen-bond acceptors (Lipinski definition) is 3. The summed E-state index contributed by atoms with van der Waals surface area (Å²) in [5.74, 6) is 0.0697. The second-order valence-corrected chi connectivity index (χ2v) is 4.23. The molecule has 4 heteroatoms. The number of unbranched alkanes of at least 4 members (excludes halogenated alkanes) is 1. The van der Waals surface area contributed by atoms with E-state index in [-0.39, 0.29) is 12.2 Å². The van der Waals surface area contributed by atoms with E-state index in [2.05, 4.69) is 12.2 Å². The first-order chi connectivity index (χ1) is 7.06. The highest BCUT2D eigenvalue weighted by Gasteiger charge is 2.24. The Morgan fingerprint density at radius 1 is 1.53 bits per heavy atom. The molecule has 1 aliphatic rings. The molecular formula is C11H21N3O. The van der Waals surface area contributed by atoms with Crippen LogP contribution in [0.5, 0.6) is 0 Å². The standard InChI is InChI=1S/C11H21N3O/c1-5-6-7-9-8-14(4)11(13(2)3)12-10(9)15/h8,11H,5-7H2,1-4H3,(H,12,15). The van der Waals surface area contributed by atoms with Crippen LogP contribution in [0.2, 0.25) is 0 Å². The van der Waals surface area contributed by atoms with Gasteiger partial charge in [0, 0.05) is 18.8 Å². The third-order valence-electron chi connectivity index (χ3n) is 2.59. The highest BCUT2D eigenvalue weighted by Crippen LogP contribution is 2.14. The number of hydrogen-bond donors (Lipinski definition) is 1. The molecule has 15 heavy (non-hydrogen) atoms. The monoisotopic (exact) mass is 211 g/mol. The van der Waals surface area contributed by atoms with Gasteiger partial charge in [-0.05, 0) is 26.9 Å². The zero-order valence-electron chi connectivity index (χ0n) is 10.1. The maximum absolute atomic E-state index is 11.7. The van der Waals surface area contributed by atoms with Crippen LogP contribution in [-0.4, -0.2) is 43.1 Å². The molecule has 0 aliphatic carbocycles. The van der Waals surface area contributed by atoms with E-state index in [9.17, 15) is 4.79 Å². The van der Waals surface area contributed by atoms with Gasteiger partial charge in [-0.1, -0.05) is 13.3 Å². The second-order valence-electron chi connectivity index (χ2n) is 4.23. The summed E-state index contributed by atoms with van der Waals surface area (Å²) in [5, 5.41) is 2.97. The summed E-state index contributed by atoms with van der Waals surface area (Å²) in [6, 6.07) is 0. The van der Waals surface area contributed by atoms with E-state index in [1.165, 1.54) is 0 Å². The van der Waals surface area contributed by atoms with Crippen LogP contribution >= 0.6 is 0 Å². The fourth-order valence-electron chi connectivity index (χ4n) is 1.73. The molecule has 0 saturated heterocycles. The normalized spacial score (nSPS) is 21.7. The molecule has 1 rings (SSSR count). The summed E-state index contributed by atoms with van der Waals surface area (Å²) in [4.78, 5) is 15.7. The molecule has 0 aromatic carbocycles. The molecule has 0 spiro atoms. The Morgan fingerprint density at radius 3 is 2.73 bits per heavy atom. The first-order valence-corrected chi connectivity index (χ1v) is 5.46. The maximum atomic E-state index is 11.7. The molecule has 1 aliphatic heterocycles. The minimum atomic E-state index is -0.0251. The zero-order valence-corrected chi connectivity index (χ0v) is 10.1. The molecule has 0 fully saturated rings. The van der Waals surface area contributed by atoms with E-state index in [1.807, 2.05) is 37.1 Å². The summed E-state index contributed by atoms with van der Waals surface area (Å²) in [6.07, 6.45) is 4.99. The molecule has 1 unspecified atom stereocenters. The zero-order chi connectivity index (χ0) is 11.4. The molecule has 0 aromatic heterocycles.